The van der Waals surface area contributed by atoms with E-state index in [0.717, 1.165) is 23.7 Å². The van der Waals surface area contributed by atoms with Crippen LogP contribution in [0.3, 0.4) is 0 Å². The molecule has 0 aliphatic heterocycles. The Labute approximate surface area is 154 Å². The number of allylic oxidation sites excluding steroid dienone is 2. The lowest BCUT2D eigenvalue weighted by Crippen LogP contribution is -2.49. The summed E-state index contributed by atoms with van der Waals surface area (Å²) < 4.78 is 0. The standard InChI is InChI=1S/C22H37PS/c1-21-13-5-4-6-16(21)7-9-18-19-10-8-17(12-15-24(3)23)22(19,2)14-11-20(18)21/h7,17-20H,3-6,8-15,23H2,1-2H3. The van der Waals surface area contributed by atoms with E-state index in [2.05, 4.69) is 34.2 Å². The topological polar surface area (TPSA) is 0 Å². The van der Waals surface area contributed by atoms with Gasteiger partial charge in [0.1, 0.15) is 0 Å². The first-order valence-electron chi connectivity index (χ1n) is 10.4. The smallest absolute Gasteiger partial charge is 0.00853 e. The molecule has 0 aromatic heterocycles. The quantitative estimate of drug-likeness (QED) is 0.292. The van der Waals surface area contributed by atoms with E-state index < -0.39 is 0 Å². The molecule has 8 atom stereocenters. The fourth-order valence-electron chi connectivity index (χ4n) is 7.57. The summed E-state index contributed by atoms with van der Waals surface area (Å²) in [5.41, 5.74) is 3.07. The molecule has 0 saturated heterocycles. The molecule has 2 heteroatoms. The zero-order valence-electron chi connectivity index (χ0n) is 15.9. The van der Waals surface area contributed by atoms with E-state index in [1.54, 1.807) is 0 Å². The van der Waals surface area contributed by atoms with Crippen molar-refractivity contribution in [3.8, 4) is 0 Å². The fraction of sp³-hybridized carbons (Fsp3) is 0.864. The lowest BCUT2D eigenvalue weighted by atomic mass is 9.47. The SMILES string of the molecule is C=S(P)CCC1CCC2C3CC=C4CCCCC4(C)C3CCC12C. The number of hydrogen-bond acceptors (Lipinski definition) is 0. The van der Waals surface area contributed by atoms with Crippen molar-refractivity contribution in [3.05, 3.63) is 11.6 Å². The van der Waals surface area contributed by atoms with Gasteiger partial charge in [0.15, 0.2) is 0 Å². The first-order valence-corrected chi connectivity index (χ1v) is 13.4. The average molecular weight is 365 g/mol. The van der Waals surface area contributed by atoms with Gasteiger partial charge in [0.2, 0.25) is 0 Å². The van der Waals surface area contributed by atoms with Crippen molar-refractivity contribution in [1.82, 2.24) is 0 Å². The van der Waals surface area contributed by atoms with Gasteiger partial charge in [-0.15, -0.1) is 0 Å². The second kappa shape index (κ2) is 6.53. The number of rotatable bonds is 3. The van der Waals surface area contributed by atoms with Crippen LogP contribution in [-0.2, 0) is 0 Å². The van der Waals surface area contributed by atoms with Gasteiger partial charge in [0.05, 0.1) is 0 Å². The summed E-state index contributed by atoms with van der Waals surface area (Å²) >= 11 is 0. The highest BCUT2D eigenvalue weighted by molar-refractivity contribution is 8.53. The minimum absolute atomic E-state index is 0.295. The Bertz CT molecular complexity index is 552. The number of fused-ring (bicyclic) bond motifs is 5. The molecule has 3 saturated carbocycles. The van der Waals surface area contributed by atoms with Crippen LogP contribution < -0.4 is 0 Å². The molecule has 0 spiro atoms. The van der Waals surface area contributed by atoms with Crippen LogP contribution in [0.15, 0.2) is 11.6 Å². The molecule has 0 aromatic rings. The van der Waals surface area contributed by atoms with E-state index in [0.29, 0.717) is 20.9 Å². The summed E-state index contributed by atoms with van der Waals surface area (Å²) in [6.45, 7) is 5.32. The minimum Gasteiger partial charge on any atom is -0.175 e. The van der Waals surface area contributed by atoms with Gasteiger partial charge in [-0.1, -0.05) is 46.2 Å². The Morgan fingerprint density at radius 2 is 2.00 bits per heavy atom. The van der Waals surface area contributed by atoms with E-state index in [9.17, 15) is 0 Å². The molecule has 0 N–H and O–H groups in total. The van der Waals surface area contributed by atoms with Crippen LogP contribution in [0.5, 0.6) is 0 Å². The van der Waals surface area contributed by atoms with E-state index >= 15 is 0 Å². The Balaban J connectivity index is 1.57. The maximum absolute atomic E-state index is 4.23. The molecule has 0 aromatic carbocycles. The largest absolute Gasteiger partial charge is 0.175 e. The predicted molar refractivity (Wildman–Crippen MR) is 114 cm³/mol. The third-order valence-electron chi connectivity index (χ3n) is 8.94. The maximum Gasteiger partial charge on any atom is -0.00853 e. The van der Waals surface area contributed by atoms with Crippen LogP contribution in [-0.4, -0.2) is 11.6 Å². The molecule has 4 rings (SSSR count). The second-order valence-electron chi connectivity index (χ2n) is 9.82. The van der Waals surface area contributed by atoms with Crippen LogP contribution in [0.25, 0.3) is 0 Å². The molecule has 3 fully saturated rings. The zero-order valence-corrected chi connectivity index (χ0v) is 17.8. The lowest BCUT2D eigenvalue weighted by molar-refractivity contribution is -0.0413. The van der Waals surface area contributed by atoms with E-state index in [4.69, 9.17) is 0 Å². The Morgan fingerprint density at radius 1 is 1.17 bits per heavy atom. The Morgan fingerprint density at radius 3 is 2.79 bits per heavy atom. The molecule has 4 aliphatic carbocycles. The van der Waals surface area contributed by atoms with Crippen LogP contribution in [0.4, 0.5) is 0 Å². The highest BCUT2D eigenvalue weighted by Gasteiger charge is 2.57. The maximum atomic E-state index is 4.23. The minimum atomic E-state index is 0.295. The van der Waals surface area contributed by atoms with Gasteiger partial charge in [0.25, 0.3) is 0 Å². The summed E-state index contributed by atoms with van der Waals surface area (Å²) in [5.74, 6) is 9.54. The zero-order chi connectivity index (χ0) is 16.9. The van der Waals surface area contributed by atoms with Crippen molar-refractivity contribution in [1.29, 1.82) is 0 Å². The second-order valence-corrected chi connectivity index (χ2v) is 13.3. The van der Waals surface area contributed by atoms with Crippen LogP contribution in [0.2, 0.25) is 0 Å². The van der Waals surface area contributed by atoms with Crippen molar-refractivity contribution in [2.24, 2.45) is 34.5 Å². The summed E-state index contributed by atoms with van der Waals surface area (Å²) in [5, 5.41) is 0. The van der Waals surface area contributed by atoms with E-state index in [1.165, 1.54) is 70.0 Å². The predicted octanol–water partition coefficient (Wildman–Crippen LogP) is 6.84. The molecule has 0 amide bonds. The van der Waals surface area contributed by atoms with Crippen LogP contribution >= 0.6 is 18.5 Å². The Kier molecular flexibility index (Phi) is 4.84. The van der Waals surface area contributed by atoms with Gasteiger partial charge >= 0.3 is 0 Å². The third kappa shape index (κ3) is 2.72. The number of hydrogen-bond donors (Lipinski definition) is 0. The molecule has 0 heterocycles. The van der Waals surface area contributed by atoms with E-state index in [-0.39, 0.29) is 0 Å². The van der Waals surface area contributed by atoms with Gasteiger partial charge < -0.3 is 0 Å². The van der Waals surface area contributed by atoms with Crippen LogP contribution in [0.1, 0.15) is 78.1 Å². The molecular formula is C22H37PS. The van der Waals surface area contributed by atoms with Gasteiger partial charge in [-0.2, -0.15) is 10.1 Å². The van der Waals surface area contributed by atoms with E-state index in [1.807, 2.05) is 5.57 Å². The van der Waals surface area contributed by atoms with Crippen LogP contribution in [0, 0.1) is 34.5 Å². The Hall–Kier alpha value is 0.390. The van der Waals surface area contributed by atoms with Crippen molar-refractivity contribution < 1.29 is 0 Å². The highest BCUT2D eigenvalue weighted by atomic mass is 32.7. The van der Waals surface area contributed by atoms with Crippen molar-refractivity contribution in [3.63, 3.8) is 0 Å². The van der Waals surface area contributed by atoms with Crippen molar-refractivity contribution in [2.75, 3.05) is 5.75 Å². The first kappa shape index (κ1) is 17.8. The fourth-order valence-corrected chi connectivity index (χ4v) is 8.57. The van der Waals surface area contributed by atoms with Crippen molar-refractivity contribution in [2.45, 2.75) is 78.1 Å². The van der Waals surface area contributed by atoms with Gasteiger partial charge in [-0.25, -0.2) is 0 Å². The molecular weight excluding hydrogens is 327 g/mol. The summed E-state index contributed by atoms with van der Waals surface area (Å²) in [4.78, 5) is 0. The third-order valence-corrected chi connectivity index (χ3v) is 10.4. The summed E-state index contributed by atoms with van der Waals surface area (Å²) in [7, 11) is 3.23. The first-order chi connectivity index (χ1) is 11.4. The van der Waals surface area contributed by atoms with Gasteiger partial charge in [-0.3, -0.25) is 0 Å². The normalized spacial score (nSPS) is 48.9. The van der Waals surface area contributed by atoms with Gasteiger partial charge in [-0.05, 0) is 98.0 Å². The molecule has 0 bridgehead atoms. The van der Waals surface area contributed by atoms with Crippen molar-refractivity contribution >= 4 is 24.4 Å². The highest BCUT2D eigenvalue weighted by Crippen LogP contribution is 2.66. The lowest BCUT2D eigenvalue weighted by Gasteiger charge is -2.57. The molecule has 24 heavy (non-hydrogen) atoms. The molecule has 136 valence electrons. The monoisotopic (exact) mass is 364 g/mol. The molecule has 8 unspecified atom stereocenters. The summed E-state index contributed by atoms with van der Waals surface area (Å²) in [6.07, 6.45) is 17.4. The molecule has 0 radical (unpaired) electrons. The average Bonchev–Trinajstić information content (AvgIpc) is 2.89. The van der Waals surface area contributed by atoms with Gasteiger partial charge in [0, 0.05) is 0 Å². The molecule has 4 aliphatic rings. The summed E-state index contributed by atoms with van der Waals surface area (Å²) in [6, 6.07) is 0. The molecule has 0 nitrogen and oxygen atoms in total.